The van der Waals surface area contributed by atoms with Gasteiger partial charge < -0.3 is 5.32 Å². The molecule has 0 amide bonds. The molecule has 1 unspecified atom stereocenters. The van der Waals surface area contributed by atoms with E-state index in [0.29, 0.717) is 6.42 Å². The lowest BCUT2D eigenvalue weighted by molar-refractivity contribution is 0.0967. The summed E-state index contributed by atoms with van der Waals surface area (Å²) in [5.74, 6) is -0.741. The summed E-state index contributed by atoms with van der Waals surface area (Å²) in [5, 5.41) is 3.11. The van der Waals surface area contributed by atoms with Crippen LogP contribution in [-0.2, 0) is 0 Å². The zero-order valence-electron chi connectivity index (χ0n) is 8.96. The minimum atomic E-state index is -0.550. The molecule has 1 atom stereocenters. The summed E-state index contributed by atoms with van der Waals surface area (Å²) in [6, 6.07) is 1.48. The van der Waals surface area contributed by atoms with Crippen LogP contribution in [0.2, 0.25) is 0 Å². The van der Waals surface area contributed by atoms with E-state index in [-0.39, 0.29) is 17.4 Å². The third kappa shape index (κ3) is 3.40. The van der Waals surface area contributed by atoms with Crippen molar-refractivity contribution in [3.8, 4) is 0 Å². The van der Waals surface area contributed by atoms with Crippen LogP contribution in [0.5, 0.6) is 0 Å². The van der Waals surface area contributed by atoms with E-state index in [1.165, 1.54) is 12.3 Å². The molecule has 0 fully saturated rings. The Hall–Kier alpha value is -1.29. The topological polar surface area (TPSA) is 42.0 Å². The van der Waals surface area contributed by atoms with Crippen molar-refractivity contribution in [3.05, 3.63) is 29.8 Å². The number of nitrogens with zero attached hydrogens (tertiary/aromatic N) is 1. The van der Waals surface area contributed by atoms with E-state index < -0.39 is 5.82 Å². The van der Waals surface area contributed by atoms with Crippen LogP contribution in [0.15, 0.2) is 18.5 Å². The molecule has 0 aliphatic heterocycles. The predicted molar refractivity (Wildman–Crippen MR) is 56.3 cm³/mol. The van der Waals surface area contributed by atoms with E-state index in [1.54, 1.807) is 0 Å². The minimum Gasteiger partial charge on any atom is -0.314 e. The highest BCUT2D eigenvalue weighted by atomic mass is 19.1. The molecule has 0 aliphatic carbocycles. The number of halogens is 1. The van der Waals surface area contributed by atoms with E-state index in [4.69, 9.17) is 0 Å². The van der Waals surface area contributed by atoms with E-state index >= 15 is 0 Å². The Morgan fingerprint density at radius 2 is 2.40 bits per heavy atom. The Morgan fingerprint density at radius 3 is 3.00 bits per heavy atom. The predicted octanol–water partition coefficient (Wildman–Crippen LogP) is 1.79. The van der Waals surface area contributed by atoms with Crippen LogP contribution < -0.4 is 5.32 Å². The number of ketones is 1. The first-order chi connectivity index (χ1) is 7.15. The quantitative estimate of drug-likeness (QED) is 0.753. The van der Waals surface area contributed by atoms with Gasteiger partial charge in [-0.1, -0.05) is 6.92 Å². The van der Waals surface area contributed by atoms with E-state index in [0.717, 1.165) is 12.7 Å². The molecule has 1 heterocycles. The Labute approximate surface area is 88.7 Å². The first kappa shape index (κ1) is 11.8. The monoisotopic (exact) mass is 210 g/mol. The molecule has 0 saturated carbocycles. The van der Waals surface area contributed by atoms with Crippen LogP contribution in [0.1, 0.15) is 30.6 Å². The first-order valence-electron chi connectivity index (χ1n) is 5.01. The summed E-state index contributed by atoms with van der Waals surface area (Å²) >= 11 is 0. The highest BCUT2D eigenvalue weighted by Crippen LogP contribution is 2.09. The number of carbonyl (C=O) groups is 1. The average molecular weight is 210 g/mol. The molecule has 0 radical (unpaired) electrons. The van der Waals surface area contributed by atoms with Crippen molar-refractivity contribution in [2.45, 2.75) is 26.3 Å². The zero-order valence-corrected chi connectivity index (χ0v) is 8.96. The SMILES string of the molecule is CCNC(C)CC(=O)c1ccncc1F. The van der Waals surface area contributed by atoms with Crippen molar-refractivity contribution in [2.75, 3.05) is 6.54 Å². The lowest BCUT2D eigenvalue weighted by Gasteiger charge is -2.11. The molecule has 15 heavy (non-hydrogen) atoms. The van der Waals surface area contributed by atoms with Crippen molar-refractivity contribution in [1.82, 2.24) is 10.3 Å². The summed E-state index contributed by atoms with van der Waals surface area (Å²) in [6.07, 6.45) is 2.79. The van der Waals surface area contributed by atoms with Crippen molar-refractivity contribution >= 4 is 5.78 Å². The fourth-order valence-electron chi connectivity index (χ4n) is 1.41. The van der Waals surface area contributed by atoms with Crippen molar-refractivity contribution in [2.24, 2.45) is 0 Å². The van der Waals surface area contributed by atoms with Gasteiger partial charge in [-0.25, -0.2) is 4.39 Å². The Balaban J connectivity index is 2.65. The van der Waals surface area contributed by atoms with E-state index in [1.807, 2.05) is 13.8 Å². The van der Waals surface area contributed by atoms with Crippen LogP contribution in [0.4, 0.5) is 4.39 Å². The van der Waals surface area contributed by atoms with Crippen molar-refractivity contribution < 1.29 is 9.18 Å². The van der Waals surface area contributed by atoms with Gasteiger partial charge in [0.15, 0.2) is 11.6 Å². The van der Waals surface area contributed by atoms with Crippen LogP contribution in [0, 0.1) is 5.82 Å². The Bertz CT molecular complexity index is 341. The maximum Gasteiger partial charge on any atom is 0.167 e. The van der Waals surface area contributed by atoms with E-state index in [2.05, 4.69) is 10.3 Å². The van der Waals surface area contributed by atoms with Gasteiger partial charge in [0, 0.05) is 18.7 Å². The molecule has 0 spiro atoms. The largest absolute Gasteiger partial charge is 0.314 e. The van der Waals surface area contributed by atoms with Crippen LogP contribution >= 0.6 is 0 Å². The molecule has 0 aromatic carbocycles. The Kier molecular flexibility index (Phi) is 4.37. The molecule has 0 aliphatic rings. The Morgan fingerprint density at radius 1 is 1.67 bits per heavy atom. The summed E-state index contributed by atoms with van der Waals surface area (Å²) < 4.78 is 13.2. The molecule has 82 valence electrons. The minimum absolute atomic E-state index is 0.0649. The second kappa shape index (κ2) is 5.56. The van der Waals surface area contributed by atoms with Gasteiger partial charge in [0.1, 0.15) is 0 Å². The van der Waals surface area contributed by atoms with Crippen LogP contribution in [-0.4, -0.2) is 23.4 Å². The lowest BCUT2D eigenvalue weighted by Crippen LogP contribution is -2.28. The standard InChI is InChI=1S/C11H15FN2O/c1-3-14-8(2)6-11(15)9-4-5-13-7-10(9)12/h4-5,7-8,14H,3,6H2,1-2H3. The van der Waals surface area contributed by atoms with Crippen molar-refractivity contribution in [3.63, 3.8) is 0 Å². The summed E-state index contributed by atoms with van der Waals surface area (Å²) in [4.78, 5) is 15.2. The molecule has 1 aromatic heterocycles. The smallest absolute Gasteiger partial charge is 0.167 e. The lowest BCUT2D eigenvalue weighted by atomic mass is 10.1. The number of rotatable bonds is 5. The summed E-state index contributed by atoms with van der Waals surface area (Å²) in [5.41, 5.74) is 0.120. The van der Waals surface area contributed by atoms with Gasteiger partial charge in [0.2, 0.25) is 0 Å². The van der Waals surface area contributed by atoms with Crippen molar-refractivity contribution in [1.29, 1.82) is 0 Å². The third-order valence-electron chi connectivity index (χ3n) is 2.12. The molecule has 3 nitrogen and oxygen atoms in total. The van der Waals surface area contributed by atoms with Gasteiger partial charge in [0.25, 0.3) is 0 Å². The van der Waals surface area contributed by atoms with Gasteiger partial charge in [-0.2, -0.15) is 0 Å². The number of aromatic nitrogens is 1. The van der Waals surface area contributed by atoms with Crippen LogP contribution in [0.3, 0.4) is 0 Å². The van der Waals surface area contributed by atoms with Gasteiger partial charge >= 0.3 is 0 Å². The number of hydrogen-bond acceptors (Lipinski definition) is 3. The average Bonchev–Trinajstić information content (AvgIpc) is 2.18. The van der Waals surface area contributed by atoms with Gasteiger partial charge in [-0.15, -0.1) is 0 Å². The maximum absolute atomic E-state index is 13.2. The molecule has 1 aromatic rings. The number of nitrogens with one attached hydrogen (secondary N) is 1. The second-order valence-electron chi connectivity index (χ2n) is 3.44. The number of Topliss-reactive ketones (excluding diaryl/α,β-unsaturated/α-hetero) is 1. The van der Waals surface area contributed by atoms with Crippen LogP contribution in [0.25, 0.3) is 0 Å². The van der Waals surface area contributed by atoms with Gasteiger partial charge in [-0.3, -0.25) is 9.78 Å². The number of carbonyl (C=O) groups excluding carboxylic acids is 1. The second-order valence-corrected chi connectivity index (χ2v) is 3.44. The fraction of sp³-hybridized carbons (Fsp3) is 0.455. The first-order valence-corrected chi connectivity index (χ1v) is 5.01. The molecular weight excluding hydrogens is 195 g/mol. The molecule has 1 N–H and O–H groups in total. The number of hydrogen-bond donors (Lipinski definition) is 1. The number of pyridine rings is 1. The fourth-order valence-corrected chi connectivity index (χ4v) is 1.41. The summed E-state index contributed by atoms with van der Waals surface area (Å²) in [7, 11) is 0. The molecular formula is C11H15FN2O. The van der Waals surface area contributed by atoms with Gasteiger partial charge in [-0.05, 0) is 19.5 Å². The van der Waals surface area contributed by atoms with E-state index in [9.17, 15) is 9.18 Å². The molecule has 0 bridgehead atoms. The maximum atomic E-state index is 13.2. The molecule has 1 rings (SSSR count). The normalized spacial score (nSPS) is 12.5. The highest BCUT2D eigenvalue weighted by molar-refractivity contribution is 5.96. The van der Waals surface area contributed by atoms with Gasteiger partial charge in [0.05, 0.1) is 11.8 Å². The molecule has 4 heteroatoms. The third-order valence-corrected chi connectivity index (χ3v) is 2.12. The summed E-state index contributed by atoms with van der Waals surface area (Å²) in [6.45, 7) is 4.67. The highest BCUT2D eigenvalue weighted by Gasteiger charge is 2.13. The zero-order chi connectivity index (χ0) is 11.3. The molecule has 0 saturated heterocycles.